The van der Waals surface area contributed by atoms with Crippen molar-refractivity contribution in [2.24, 2.45) is 40.4 Å². The van der Waals surface area contributed by atoms with Crippen LogP contribution in [-0.2, 0) is 4.74 Å². The van der Waals surface area contributed by atoms with Crippen molar-refractivity contribution >= 4 is 0 Å². The normalized spacial score (nSPS) is 50.7. The van der Waals surface area contributed by atoms with E-state index in [4.69, 9.17) is 4.74 Å². The van der Waals surface area contributed by atoms with Crippen molar-refractivity contribution < 1.29 is 14.9 Å². The monoisotopic (exact) mass is 428 g/mol. The number of rotatable bonds is 4. The van der Waals surface area contributed by atoms with Crippen molar-refractivity contribution in [2.45, 2.75) is 110 Å². The Morgan fingerprint density at radius 3 is 2.45 bits per heavy atom. The molecule has 5 aliphatic rings. The largest absolute Gasteiger partial charge is 0.393 e. The summed E-state index contributed by atoms with van der Waals surface area (Å²) in [6, 6.07) is 0. The van der Waals surface area contributed by atoms with Crippen LogP contribution in [0.5, 0.6) is 0 Å². The smallest absolute Gasteiger partial charge is 0.118 e. The molecule has 31 heavy (non-hydrogen) atoms. The number of hydrogen-bond acceptors (Lipinski definition) is 3. The van der Waals surface area contributed by atoms with Crippen molar-refractivity contribution in [1.29, 1.82) is 0 Å². The summed E-state index contributed by atoms with van der Waals surface area (Å²) >= 11 is 0. The average molecular weight is 429 g/mol. The van der Waals surface area contributed by atoms with Crippen LogP contribution in [0.2, 0.25) is 0 Å². The summed E-state index contributed by atoms with van der Waals surface area (Å²) in [7, 11) is 0. The van der Waals surface area contributed by atoms with Crippen molar-refractivity contribution in [1.82, 2.24) is 0 Å². The number of ether oxygens (including phenoxy) is 1. The molecule has 3 heteroatoms. The topological polar surface area (TPSA) is 53.0 Å². The van der Waals surface area contributed by atoms with Gasteiger partial charge in [-0.2, -0.15) is 0 Å². The zero-order valence-electron chi connectivity index (χ0n) is 20.5. The zero-order chi connectivity index (χ0) is 22.3. The molecule has 0 amide bonds. The van der Waals surface area contributed by atoms with Gasteiger partial charge in [-0.3, -0.25) is 0 Å². The fourth-order valence-corrected chi connectivity index (χ4v) is 8.47. The van der Waals surface area contributed by atoms with Gasteiger partial charge in [-0.05, 0) is 79.1 Å². The molecule has 1 heterocycles. The SMILES string of the molecule is CC(C)[C@H](C)/C=C/[C@@H](C)[C@H]1CCC2C3=C(CC[C@@]21C)[C@@]1(C)CC[C@H](O)C[C@@]12O[C@H]2[C@H]3O. The Hall–Kier alpha value is -0.640. The van der Waals surface area contributed by atoms with Crippen molar-refractivity contribution in [3.05, 3.63) is 23.3 Å². The number of hydrogen-bond donors (Lipinski definition) is 2. The lowest BCUT2D eigenvalue weighted by Gasteiger charge is -2.54. The first-order chi connectivity index (χ1) is 14.5. The van der Waals surface area contributed by atoms with Gasteiger partial charge >= 0.3 is 0 Å². The summed E-state index contributed by atoms with van der Waals surface area (Å²) in [5.74, 6) is 3.05. The van der Waals surface area contributed by atoms with E-state index in [9.17, 15) is 10.2 Å². The second-order valence-electron chi connectivity index (χ2n) is 12.6. The van der Waals surface area contributed by atoms with E-state index < -0.39 is 6.10 Å². The summed E-state index contributed by atoms with van der Waals surface area (Å²) in [5.41, 5.74) is 2.84. The Kier molecular flexibility index (Phi) is 5.13. The van der Waals surface area contributed by atoms with E-state index in [1.165, 1.54) is 30.4 Å². The third kappa shape index (κ3) is 2.95. The van der Waals surface area contributed by atoms with Gasteiger partial charge in [-0.25, -0.2) is 0 Å². The van der Waals surface area contributed by atoms with E-state index >= 15 is 0 Å². The average Bonchev–Trinajstić information content (AvgIpc) is 3.34. The van der Waals surface area contributed by atoms with E-state index in [1.807, 2.05) is 0 Å². The summed E-state index contributed by atoms with van der Waals surface area (Å²) < 4.78 is 6.33. The quantitative estimate of drug-likeness (QED) is 0.449. The van der Waals surface area contributed by atoms with Crippen LogP contribution < -0.4 is 0 Å². The van der Waals surface area contributed by atoms with Gasteiger partial charge in [-0.15, -0.1) is 0 Å². The van der Waals surface area contributed by atoms with Gasteiger partial charge in [-0.1, -0.05) is 59.3 Å². The first-order valence-electron chi connectivity index (χ1n) is 13.0. The third-order valence-corrected chi connectivity index (χ3v) is 10.9. The van der Waals surface area contributed by atoms with Gasteiger partial charge < -0.3 is 14.9 Å². The maximum Gasteiger partial charge on any atom is 0.118 e. The molecule has 0 bridgehead atoms. The number of aliphatic hydroxyl groups is 2. The highest BCUT2D eigenvalue weighted by Crippen LogP contribution is 2.72. The molecule has 174 valence electrons. The molecule has 0 aromatic heterocycles. The van der Waals surface area contributed by atoms with Crippen LogP contribution in [0.15, 0.2) is 23.3 Å². The molecule has 1 spiro atoms. The number of epoxide rings is 1. The molecule has 1 saturated heterocycles. The van der Waals surface area contributed by atoms with Crippen molar-refractivity contribution in [2.75, 3.05) is 0 Å². The van der Waals surface area contributed by atoms with Gasteiger partial charge in [0.05, 0.1) is 6.10 Å². The fraction of sp³-hybridized carbons (Fsp3) is 0.857. The minimum Gasteiger partial charge on any atom is -0.393 e. The van der Waals surface area contributed by atoms with Crippen LogP contribution in [0.4, 0.5) is 0 Å². The Morgan fingerprint density at radius 1 is 1.00 bits per heavy atom. The molecule has 0 aromatic carbocycles. The summed E-state index contributed by atoms with van der Waals surface area (Å²) in [4.78, 5) is 0. The number of aliphatic hydroxyl groups excluding tert-OH is 2. The summed E-state index contributed by atoms with van der Waals surface area (Å²) in [6.07, 6.45) is 11.4. The van der Waals surface area contributed by atoms with E-state index in [0.29, 0.717) is 36.0 Å². The standard InChI is InChI=1S/C28H44O3/c1-16(2)17(3)7-8-18(4)20-9-10-21-23-22(12-13-26(20,21)5)27(6)14-11-19(29)15-28(27)25(31-28)24(23)30/h7-8,16-21,24-25,29-30H,9-15H2,1-6H3/b8-7+/t17-,18-,19+,20-,21?,24+,25+,26-,27-,28+/m1/s1. The predicted octanol–water partition coefficient (Wildman–Crippen LogP) is 5.66. The van der Waals surface area contributed by atoms with Crippen molar-refractivity contribution in [3.63, 3.8) is 0 Å². The van der Waals surface area contributed by atoms with E-state index in [0.717, 1.165) is 19.3 Å². The van der Waals surface area contributed by atoms with Gasteiger partial charge in [0, 0.05) is 11.8 Å². The maximum atomic E-state index is 11.5. The molecule has 1 unspecified atom stereocenters. The highest BCUT2D eigenvalue weighted by atomic mass is 16.6. The molecule has 5 rings (SSSR count). The van der Waals surface area contributed by atoms with Gasteiger partial charge in [0.25, 0.3) is 0 Å². The maximum absolute atomic E-state index is 11.5. The lowest BCUT2D eigenvalue weighted by atomic mass is 9.50. The molecule has 3 nitrogen and oxygen atoms in total. The van der Waals surface area contributed by atoms with Gasteiger partial charge in [0.15, 0.2) is 0 Å². The molecule has 10 atom stereocenters. The van der Waals surface area contributed by atoms with Crippen LogP contribution in [0.1, 0.15) is 86.5 Å². The molecule has 1 aliphatic heterocycles. The van der Waals surface area contributed by atoms with Crippen LogP contribution >= 0.6 is 0 Å². The van der Waals surface area contributed by atoms with Crippen LogP contribution in [0.3, 0.4) is 0 Å². The lowest BCUT2D eigenvalue weighted by molar-refractivity contribution is -0.000636. The number of fused-ring (bicyclic) bond motifs is 3. The first-order valence-corrected chi connectivity index (χ1v) is 13.0. The molecule has 2 N–H and O–H groups in total. The Morgan fingerprint density at radius 2 is 1.74 bits per heavy atom. The molecular weight excluding hydrogens is 384 g/mol. The highest BCUT2D eigenvalue weighted by molar-refractivity contribution is 5.45. The van der Waals surface area contributed by atoms with Crippen LogP contribution in [-0.4, -0.2) is 34.1 Å². The predicted molar refractivity (Wildman–Crippen MR) is 124 cm³/mol. The first kappa shape index (κ1) is 22.2. The highest BCUT2D eigenvalue weighted by Gasteiger charge is 2.76. The summed E-state index contributed by atoms with van der Waals surface area (Å²) in [6.45, 7) is 14.3. The molecule has 4 aliphatic carbocycles. The summed E-state index contributed by atoms with van der Waals surface area (Å²) in [5, 5.41) is 21.9. The lowest BCUT2D eigenvalue weighted by Crippen LogP contribution is -2.55. The van der Waals surface area contributed by atoms with Crippen LogP contribution in [0.25, 0.3) is 0 Å². The fourth-order valence-electron chi connectivity index (χ4n) is 8.47. The molecule has 0 radical (unpaired) electrons. The second-order valence-corrected chi connectivity index (χ2v) is 12.6. The second kappa shape index (κ2) is 7.18. The molecule has 3 fully saturated rings. The Bertz CT molecular complexity index is 798. The molecular formula is C28H44O3. The van der Waals surface area contributed by atoms with Gasteiger partial charge in [0.2, 0.25) is 0 Å². The van der Waals surface area contributed by atoms with E-state index in [2.05, 4.69) is 53.7 Å². The molecule has 0 aromatic rings. The molecule has 2 saturated carbocycles. The third-order valence-electron chi connectivity index (χ3n) is 10.9. The Balaban J connectivity index is 1.45. The number of allylic oxidation sites excluding steroid dienone is 2. The Labute approximate surface area is 189 Å². The minimum absolute atomic E-state index is 0.00307. The zero-order valence-corrected chi connectivity index (χ0v) is 20.5. The van der Waals surface area contributed by atoms with Crippen LogP contribution in [0, 0.1) is 40.4 Å². The van der Waals surface area contributed by atoms with E-state index in [-0.39, 0.29) is 28.6 Å². The minimum atomic E-state index is -0.469. The van der Waals surface area contributed by atoms with E-state index in [1.54, 1.807) is 0 Å². The van der Waals surface area contributed by atoms with Crippen molar-refractivity contribution in [3.8, 4) is 0 Å². The van der Waals surface area contributed by atoms with Gasteiger partial charge in [0.1, 0.15) is 17.8 Å².